The average molecular weight is 365 g/mol. The lowest BCUT2D eigenvalue weighted by molar-refractivity contribution is -0.0451. The smallest absolute Gasteiger partial charge is 0.387 e. The summed E-state index contributed by atoms with van der Waals surface area (Å²) < 4.78 is 35.6. The number of fused-ring (bicyclic) bond motifs is 1. The Morgan fingerprint density at radius 1 is 1.54 bits per heavy atom. The van der Waals surface area contributed by atoms with Gasteiger partial charge in [0.05, 0.1) is 12.9 Å². The van der Waals surface area contributed by atoms with Gasteiger partial charge in [-0.25, -0.2) is 13.9 Å². The second kappa shape index (κ2) is 5.88. The van der Waals surface area contributed by atoms with Crippen LogP contribution in [0.1, 0.15) is 6.23 Å². The highest BCUT2D eigenvalue weighted by Crippen LogP contribution is 2.39. The predicted molar refractivity (Wildman–Crippen MR) is 75.4 cm³/mol. The van der Waals surface area contributed by atoms with Crippen molar-refractivity contribution in [2.45, 2.75) is 24.6 Å². The number of nitrogens with two attached hydrogens (primary N) is 1. The summed E-state index contributed by atoms with van der Waals surface area (Å²) in [6.07, 6.45) is -5.37. The number of nitrogens with zero attached hydrogens (tertiary/aromatic N) is 3. The lowest BCUT2D eigenvalue weighted by atomic mass is 10.1. The van der Waals surface area contributed by atoms with Crippen molar-refractivity contribution in [2.75, 3.05) is 12.3 Å². The Morgan fingerprint density at radius 2 is 2.25 bits per heavy atom. The number of aliphatic hydroxyl groups is 1. The number of anilines is 1. The van der Waals surface area contributed by atoms with E-state index in [2.05, 4.69) is 19.5 Å². The maximum Gasteiger partial charge on any atom is 0.469 e. The molecule has 6 N–H and O–H groups in total. The Kier molecular flexibility index (Phi) is 4.15. The minimum atomic E-state index is -4.80. The van der Waals surface area contributed by atoms with Gasteiger partial charge >= 0.3 is 7.82 Å². The fourth-order valence-electron chi connectivity index (χ4n) is 2.37. The summed E-state index contributed by atoms with van der Waals surface area (Å²) in [5, 5.41) is 9.83. The molecule has 0 aliphatic carbocycles. The summed E-state index contributed by atoms with van der Waals surface area (Å²) in [6.45, 7) is -0.731. The van der Waals surface area contributed by atoms with Gasteiger partial charge in [-0.3, -0.25) is 18.9 Å². The van der Waals surface area contributed by atoms with Crippen molar-refractivity contribution in [1.29, 1.82) is 0 Å². The minimum absolute atomic E-state index is 0.0624. The zero-order valence-corrected chi connectivity index (χ0v) is 12.7. The fraction of sp³-hybridized carbons (Fsp3) is 0.500. The minimum Gasteiger partial charge on any atom is -0.387 e. The molecule has 3 heterocycles. The van der Waals surface area contributed by atoms with Gasteiger partial charge in [0.15, 0.2) is 23.6 Å². The number of nitrogen functional groups attached to an aromatic ring is 1. The van der Waals surface area contributed by atoms with Gasteiger partial charge in [0.2, 0.25) is 5.95 Å². The Labute approximate surface area is 132 Å². The first-order valence-electron chi connectivity index (χ1n) is 6.57. The molecule has 0 spiro atoms. The summed E-state index contributed by atoms with van der Waals surface area (Å²) in [7, 11) is -4.80. The monoisotopic (exact) mass is 365 g/mol. The highest BCUT2D eigenvalue weighted by molar-refractivity contribution is 7.46. The summed E-state index contributed by atoms with van der Waals surface area (Å²) in [5.41, 5.74) is 4.64. The zero-order chi connectivity index (χ0) is 17.6. The molecule has 4 atom stereocenters. The highest BCUT2D eigenvalue weighted by Gasteiger charge is 2.46. The number of phosphoric ester groups is 1. The molecule has 1 aliphatic heterocycles. The van der Waals surface area contributed by atoms with Gasteiger partial charge in [-0.1, -0.05) is 0 Å². The van der Waals surface area contributed by atoms with Crippen LogP contribution < -0.4 is 11.3 Å². The summed E-state index contributed by atoms with van der Waals surface area (Å²) >= 11 is 0. The van der Waals surface area contributed by atoms with Crippen LogP contribution in [-0.4, -0.2) is 59.4 Å². The van der Waals surface area contributed by atoms with Crippen LogP contribution in [0.4, 0.5) is 10.3 Å². The Balaban J connectivity index is 1.90. The number of alkyl halides is 1. The Bertz CT molecular complexity index is 865. The number of ether oxygens (including phenoxy) is 1. The van der Waals surface area contributed by atoms with Gasteiger partial charge in [-0.2, -0.15) is 4.98 Å². The van der Waals surface area contributed by atoms with E-state index in [0.717, 1.165) is 10.9 Å². The molecule has 24 heavy (non-hydrogen) atoms. The number of aromatic nitrogens is 4. The summed E-state index contributed by atoms with van der Waals surface area (Å²) in [6, 6.07) is 0. The normalized spacial score (nSPS) is 27.8. The van der Waals surface area contributed by atoms with Crippen LogP contribution in [0.15, 0.2) is 11.1 Å². The number of aromatic amines is 1. The summed E-state index contributed by atoms with van der Waals surface area (Å²) in [5.74, 6) is -0.218. The topological polar surface area (TPSA) is 186 Å². The van der Waals surface area contributed by atoms with Crippen molar-refractivity contribution >= 4 is 24.9 Å². The van der Waals surface area contributed by atoms with Crippen LogP contribution in [0.2, 0.25) is 0 Å². The largest absolute Gasteiger partial charge is 0.469 e. The van der Waals surface area contributed by atoms with Crippen molar-refractivity contribution in [3.05, 3.63) is 16.7 Å². The molecule has 1 fully saturated rings. The Hall–Kier alpha value is -1.89. The van der Waals surface area contributed by atoms with Gasteiger partial charge in [0.25, 0.3) is 5.56 Å². The van der Waals surface area contributed by atoms with Crippen LogP contribution in [0.3, 0.4) is 0 Å². The number of imidazole rings is 1. The number of H-pyrrole nitrogens is 1. The van der Waals surface area contributed by atoms with E-state index in [1.165, 1.54) is 0 Å². The first kappa shape index (κ1) is 17.0. The van der Waals surface area contributed by atoms with Gasteiger partial charge < -0.3 is 25.4 Å². The van der Waals surface area contributed by atoms with E-state index in [0.29, 0.717) is 0 Å². The SMILES string of the molecule is Nc1nc2c(ncn2[C@@H]2O[C@H](COP(=O)(O)O)[C@@H](O)[C@@H]2F)c(=O)[nH]1. The number of phosphoric acid groups is 1. The Morgan fingerprint density at radius 3 is 2.92 bits per heavy atom. The molecular weight excluding hydrogens is 352 g/mol. The molecule has 3 rings (SSSR count). The van der Waals surface area contributed by atoms with Crippen LogP contribution >= 0.6 is 7.82 Å². The summed E-state index contributed by atoms with van der Waals surface area (Å²) in [4.78, 5) is 38.9. The number of aliphatic hydroxyl groups excluding tert-OH is 1. The number of rotatable bonds is 4. The lowest BCUT2D eigenvalue weighted by Crippen LogP contribution is -2.31. The van der Waals surface area contributed by atoms with Crippen molar-refractivity contribution in [3.8, 4) is 0 Å². The molecule has 0 saturated carbocycles. The standard InChI is InChI=1S/C10H13FN5O7P/c11-4-6(17)3(1-22-24(19,20)21)23-9(4)16-2-13-5-7(16)14-10(12)15-8(5)18/h2-4,6,9,17H,1H2,(H2,19,20,21)(H3,12,14,15,18)/t3-,4+,6-,9-/m1/s1. The third-order valence-corrected chi connectivity index (χ3v) is 3.91. The molecule has 2 aromatic heterocycles. The first-order chi connectivity index (χ1) is 11.2. The van der Waals surface area contributed by atoms with E-state index < -0.39 is 44.6 Å². The number of hydrogen-bond acceptors (Lipinski definition) is 8. The third kappa shape index (κ3) is 3.05. The van der Waals surface area contributed by atoms with Crippen LogP contribution in [-0.2, 0) is 13.8 Å². The lowest BCUT2D eigenvalue weighted by Gasteiger charge is -2.15. The van der Waals surface area contributed by atoms with Crippen LogP contribution in [0.25, 0.3) is 11.2 Å². The van der Waals surface area contributed by atoms with Crippen molar-refractivity contribution in [2.24, 2.45) is 0 Å². The van der Waals surface area contributed by atoms with Crippen molar-refractivity contribution < 1.29 is 33.1 Å². The molecule has 132 valence electrons. The molecule has 0 radical (unpaired) electrons. The van der Waals surface area contributed by atoms with E-state index >= 15 is 0 Å². The highest BCUT2D eigenvalue weighted by atomic mass is 31.2. The molecule has 1 aliphatic rings. The number of halogens is 1. The molecule has 2 aromatic rings. The third-order valence-electron chi connectivity index (χ3n) is 3.43. The van der Waals surface area contributed by atoms with Crippen LogP contribution in [0.5, 0.6) is 0 Å². The zero-order valence-electron chi connectivity index (χ0n) is 11.8. The van der Waals surface area contributed by atoms with Crippen LogP contribution in [0, 0.1) is 0 Å². The molecule has 0 bridgehead atoms. The first-order valence-corrected chi connectivity index (χ1v) is 8.10. The molecule has 12 nitrogen and oxygen atoms in total. The van der Waals surface area contributed by atoms with E-state index in [1.807, 2.05) is 0 Å². The number of hydrogen-bond donors (Lipinski definition) is 5. The molecule has 1 saturated heterocycles. The maximum atomic E-state index is 14.3. The van der Waals surface area contributed by atoms with Gasteiger partial charge in [0.1, 0.15) is 12.2 Å². The predicted octanol–water partition coefficient (Wildman–Crippen LogP) is -1.59. The van der Waals surface area contributed by atoms with E-state index in [9.17, 15) is 18.9 Å². The fourth-order valence-corrected chi connectivity index (χ4v) is 2.71. The van der Waals surface area contributed by atoms with Gasteiger partial charge in [0, 0.05) is 0 Å². The second-order valence-corrected chi connectivity index (χ2v) is 6.30. The molecule has 0 amide bonds. The maximum absolute atomic E-state index is 14.3. The van der Waals surface area contributed by atoms with Crippen molar-refractivity contribution in [3.63, 3.8) is 0 Å². The van der Waals surface area contributed by atoms with E-state index in [1.54, 1.807) is 0 Å². The average Bonchev–Trinajstić information content (AvgIpc) is 3.00. The molecule has 0 unspecified atom stereocenters. The second-order valence-electron chi connectivity index (χ2n) is 5.06. The van der Waals surface area contributed by atoms with Gasteiger partial charge in [-0.05, 0) is 0 Å². The molecule has 14 heteroatoms. The molecular formula is C10H13FN5O7P. The molecule has 0 aromatic carbocycles. The van der Waals surface area contributed by atoms with Crippen molar-refractivity contribution in [1.82, 2.24) is 19.5 Å². The quantitative estimate of drug-likeness (QED) is 0.395. The van der Waals surface area contributed by atoms with E-state index in [4.69, 9.17) is 20.3 Å². The number of nitrogens with one attached hydrogen (secondary N) is 1. The van der Waals surface area contributed by atoms with E-state index in [-0.39, 0.29) is 17.1 Å². The van der Waals surface area contributed by atoms with Gasteiger partial charge in [-0.15, -0.1) is 0 Å².